The second kappa shape index (κ2) is 8.56. The number of carbonyl (C=O) groups is 1. The molecule has 0 radical (unpaired) electrons. The van der Waals surface area contributed by atoms with Crippen molar-refractivity contribution in [2.75, 3.05) is 12.0 Å². The molecule has 1 aromatic heterocycles. The maximum absolute atomic E-state index is 12.0. The van der Waals surface area contributed by atoms with E-state index in [1.807, 2.05) is 17.7 Å². The SMILES string of the molecule is CCCC(NC(=O)[C@H](N)CCSC)c1cccs1. The number of amides is 1. The highest BCUT2D eigenvalue weighted by Gasteiger charge is 2.19. The van der Waals surface area contributed by atoms with Crippen LogP contribution < -0.4 is 11.1 Å². The van der Waals surface area contributed by atoms with Gasteiger partial charge in [0.2, 0.25) is 5.91 Å². The Labute approximate surface area is 118 Å². The van der Waals surface area contributed by atoms with Gasteiger partial charge in [0.1, 0.15) is 0 Å². The highest BCUT2D eigenvalue weighted by Crippen LogP contribution is 2.23. The van der Waals surface area contributed by atoms with E-state index in [1.165, 1.54) is 4.88 Å². The number of carbonyl (C=O) groups excluding carboxylic acids is 1. The first-order valence-electron chi connectivity index (χ1n) is 6.27. The predicted octanol–water partition coefficient (Wildman–Crippen LogP) is 2.79. The van der Waals surface area contributed by atoms with Crippen LogP contribution in [0, 0.1) is 0 Å². The Morgan fingerprint density at radius 2 is 2.33 bits per heavy atom. The Morgan fingerprint density at radius 3 is 2.89 bits per heavy atom. The van der Waals surface area contributed by atoms with E-state index in [-0.39, 0.29) is 11.9 Å². The second-order valence-electron chi connectivity index (χ2n) is 4.25. The third-order valence-corrected chi connectivity index (χ3v) is 4.38. The molecule has 3 nitrogen and oxygen atoms in total. The van der Waals surface area contributed by atoms with E-state index in [1.54, 1.807) is 23.1 Å². The summed E-state index contributed by atoms with van der Waals surface area (Å²) >= 11 is 3.40. The van der Waals surface area contributed by atoms with E-state index >= 15 is 0 Å². The van der Waals surface area contributed by atoms with Gasteiger partial charge in [-0.25, -0.2) is 0 Å². The van der Waals surface area contributed by atoms with Crippen molar-refractivity contribution in [3.63, 3.8) is 0 Å². The van der Waals surface area contributed by atoms with Crippen molar-refractivity contribution in [3.05, 3.63) is 22.4 Å². The Kier molecular flexibility index (Phi) is 7.39. The molecule has 0 aliphatic carbocycles. The molecule has 0 aromatic carbocycles. The minimum Gasteiger partial charge on any atom is -0.347 e. The van der Waals surface area contributed by atoms with Crippen molar-refractivity contribution in [2.24, 2.45) is 5.73 Å². The van der Waals surface area contributed by atoms with E-state index < -0.39 is 6.04 Å². The van der Waals surface area contributed by atoms with Crippen LogP contribution >= 0.6 is 23.1 Å². The fourth-order valence-corrected chi connectivity index (χ4v) is 3.02. The zero-order valence-electron chi connectivity index (χ0n) is 11.0. The third kappa shape index (κ3) is 5.00. The summed E-state index contributed by atoms with van der Waals surface area (Å²) in [4.78, 5) is 13.2. The molecule has 2 atom stereocenters. The number of hydrogen-bond donors (Lipinski definition) is 2. The number of hydrogen-bond acceptors (Lipinski definition) is 4. The maximum Gasteiger partial charge on any atom is 0.237 e. The van der Waals surface area contributed by atoms with E-state index in [4.69, 9.17) is 5.73 Å². The molecule has 1 heterocycles. The quantitative estimate of drug-likeness (QED) is 0.772. The molecule has 102 valence electrons. The number of thioether (sulfide) groups is 1. The average Bonchev–Trinajstić information content (AvgIpc) is 2.89. The highest BCUT2D eigenvalue weighted by molar-refractivity contribution is 7.98. The second-order valence-corrected chi connectivity index (χ2v) is 6.22. The molecule has 5 heteroatoms. The molecule has 18 heavy (non-hydrogen) atoms. The van der Waals surface area contributed by atoms with Gasteiger partial charge in [0, 0.05) is 4.88 Å². The fourth-order valence-electron chi connectivity index (χ4n) is 1.72. The first kappa shape index (κ1) is 15.5. The van der Waals surface area contributed by atoms with Gasteiger partial charge in [0.25, 0.3) is 0 Å². The third-order valence-electron chi connectivity index (χ3n) is 2.75. The molecule has 0 aliphatic heterocycles. The summed E-state index contributed by atoms with van der Waals surface area (Å²) in [7, 11) is 0. The van der Waals surface area contributed by atoms with Gasteiger partial charge < -0.3 is 11.1 Å². The lowest BCUT2D eigenvalue weighted by molar-refractivity contribution is -0.123. The van der Waals surface area contributed by atoms with Crippen LogP contribution in [0.4, 0.5) is 0 Å². The highest BCUT2D eigenvalue weighted by atomic mass is 32.2. The molecule has 0 aliphatic rings. The van der Waals surface area contributed by atoms with E-state index in [0.717, 1.165) is 25.0 Å². The molecule has 3 N–H and O–H groups in total. The Hall–Kier alpha value is -0.520. The zero-order valence-corrected chi connectivity index (χ0v) is 12.7. The molecular weight excluding hydrogens is 264 g/mol. The van der Waals surface area contributed by atoms with Crippen LogP contribution in [0.25, 0.3) is 0 Å². The van der Waals surface area contributed by atoms with Gasteiger partial charge in [0.15, 0.2) is 0 Å². The van der Waals surface area contributed by atoms with Crippen molar-refractivity contribution < 1.29 is 4.79 Å². The largest absolute Gasteiger partial charge is 0.347 e. The summed E-state index contributed by atoms with van der Waals surface area (Å²) in [5.74, 6) is 0.891. The fraction of sp³-hybridized carbons (Fsp3) is 0.615. The van der Waals surface area contributed by atoms with Crippen LogP contribution in [0.15, 0.2) is 17.5 Å². The van der Waals surface area contributed by atoms with Gasteiger partial charge in [-0.3, -0.25) is 4.79 Å². The Balaban J connectivity index is 2.53. The van der Waals surface area contributed by atoms with Crippen LogP contribution in [-0.2, 0) is 4.79 Å². The molecule has 1 unspecified atom stereocenters. The lowest BCUT2D eigenvalue weighted by Crippen LogP contribution is -2.42. The lowest BCUT2D eigenvalue weighted by Gasteiger charge is -2.19. The number of nitrogens with two attached hydrogens (primary N) is 1. The summed E-state index contributed by atoms with van der Waals surface area (Å²) in [6, 6.07) is 3.81. The lowest BCUT2D eigenvalue weighted by atomic mass is 10.1. The molecule has 0 fully saturated rings. The Bertz CT molecular complexity index is 341. The van der Waals surface area contributed by atoms with Crippen molar-refractivity contribution in [1.82, 2.24) is 5.32 Å². The van der Waals surface area contributed by atoms with Crippen LogP contribution in [0.5, 0.6) is 0 Å². The minimum absolute atomic E-state index is 0.0316. The molecule has 0 saturated carbocycles. The maximum atomic E-state index is 12.0. The molecular formula is C13H22N2OS2. The van der Waals surface area contributed by atoms with Gasteiger partial charge in [-0.2, -0.15) is 11.8 Å². The van der Waals surface area contributed by atoms with Crippen LogP contribution in [0.2, 0.25) is 0 Å². The summed E-state index contributed by atoms with van der Waals surface area (Å²) in [5, 5.41) is 5.11. The topological polar surface area (TPSA) is 55.1 Å². The molecule has 1 amide bonds. The van der Waals surface area contributed by atoms with E-state index in [0.29, 0.717) is 0 Å². The normalized spacial score (nSPS) is 14.2. The van der Waals surface area contributed by atoms with Gasteiger partial charge >= 0.3 is 0 Å². The number of rotatable bonds is 8. The van der Waals surface area contributed by atoms with Gasteiger partial charge in [-0.15, -0.1) is 11.3 Å². The summed E-state index contributed by atoms with van der Waals surface area (Å²) in [6.45, 7) is 2.13. The molecule has 1 rings (SSSR count). The van der Waals surface area contributed by atoms with Crippen molar-refractivity contribution in [2.45, 2.75) is 38.3 Å². The molecule has 0 saturated heterocycles. The van der Waals surface area contributed by atoms with E-state index in [9.17, 15) is 4.79 Å². The van der Waals surface area contributed by atoms with Crippen molar-refractivity contribution in [3.8, 4) is 0 Å². The number of nitrogens with one attached hydrogen (secondary N) is 1. The standard InChI is InChI=1S/C13H22N2OS2/c1-3-5-11(12-6-4-8-18-12)15-13(16)10(14)7-9-17-2/h4,6,8,10-11H,3,5,7,9,14H2,1-2H3,(H,15,16)/t10-,11?/m1/s1. The molecule has 0 spiro atoms. The average molecular weight is 286 g/mol. The van der Waals surface area contributed by atoms with Crippen molar-refractivity contribution in [1.29, 1.82) is 0 Å². The monoisotopic (exact) mass is 286 g/mol. The summed E-state index contributed by atoms with van der Waals surface area (Å²) in [5.41, 5.74) is 5.88. The first-order valence-corrected chi connectivity index (χ1v) is 8.54. The van der Waals surface area contributed by atoms with Gasteiger partial charge in [-0.1, -0.05) is 19.4 Å². The predicted molar refractivity (Wildman–Crippen MR) is 81.1 cm³/mol. The number of thiophene rings is 1. The molecule has 1 aromatic rings. The van der Waals surface area contributed by atoms with Crippen molar-refractivity contribution >= 4 is 29.0 Å². The minimum atomic E-state index is -0.392. The van der Waals surface area contributed by atoms with Crippen LogP contribution in [0.1, 0.15) is 37.1 Å². The summed E-state index contributed by atoms with van der Waals surface area (Å²) < 4.78 is 0. The Morgan fingerprint density at radius 1 is 1.56 bits per heavy atom. The van der Waals surface area contributed by atoms with E-state index in [2.05, 4.69) is 18.3 Å². The summed E-state index contributed by atoms with van der Waals surface area (Å²) in [6.07, 6.45) is 4.76. The van der Waals surface area contributed by atoms with Crippen LogP contribution in [-0.4, -0.2) is 24.0 Å². The van der Waals surface area contributed by atoms with Crippen LogP contribution in [0.3, 0.4) is 0 Å². The smallest absolute Gasteiger partial charge is 0.237 e. The first-order chi connectivity index (χ1) is 8.69. The van der Waals surface area contributed by atoms with Gasteiger partial charge in [0.05, 0.1) is 12.1 Å². The van der Waals surface area contributed by atoms with Gasteiger partial charge in [-0.05, 0) is 36.3 Å². The molecule has 0 bridgehead atoms. The zero-order chi connectivity index (χ0) is 13.4.